The number of amides is 3. The van der Waals surface area contributed by atoms with Crippen molar-refractivity contribution in [3.8, 4) is 10.8 Å². The lowest BCUT2D eigenvalue weighted by Gasteiger charge is -2.06. The van der Waals surface area contributed by atoms with Gasteiger partial charge in [0.05, 0.1) is 10.1 Å². The molecule has 1 atom stereocenters. The molecule has 0 spiro atoms. The van der Waals surface area contributed by atoms with Crippen LogP contribution in [-0.4, -0.2) is 27.4 Å². The summed E-state index contributed by atoms with van der Waals surface area (Å²) >= 11 is 2.53. The number of imide groups is 1. The number of nitrogens with one attached hydrogen (secondary N) is 1. The first-order chi connectivity index (χ1) is 9.06. The predicted octanol–water partition coefficient (Wildman–Crippen LogP) is 1.47. The molecule has 7 nitrogen and oxygen atoms in total. The molecule has 0 aliphatic rings. The van der Waals surface area contributed by atoms with Crippen LogP contribution in [0.2, 0.25) is 0 Å². The van der Waals surface area contributed by atoms with Gasteiger partial charge in [0.15, 0.2) is 0 Å². The van der Waals surface area contributed by atoms with Crippen LogP contribution in [0.15, 0.2) is 27.2 Å². The minimum Gasteiger partial charge on any atom is -0.410 e. The molecule has 2 heterocycles. The normalized spacial score (nSPS) is 12.1. The summed E-state index contributed by atoms with van der Waals surface area (Å²) in [6.07, 6.45) is 0. The predicted molar refractivity (Wildman–Crippen MR) is 70.7 cm³/mol. The molecule has 0 aromatic carbocycles. The van der Waals surface area contributed by atoms with Crippen molar-refractivity contribution in [2.45, 2.75) is 17.4 Å². The van der Waals surface area contributed by atoms with Crippen LogP contribution in [0.5, 0.6) is 0 Å². The summed E-state index contributed by atoms with van der Waals surface area (Å²) in [5.41, 5.74) is 4.86. The van der Waals surface area contributed by atoms with Crippen molar-refractivity contribution in [2.24, 2.45) is 5.73 Å². The van der Waals surface area contributed by atoms with E-state index in [1.807, 2.05) is 22.8 Å². The number of hydrogen-bond donors (Lipinski definition) is 2. The monoisotopic (exact) mass is 298 g/mol. The topological polar surface area (TPSA) is 111 Å². The molecule has 2 aromatic heterocycles. The Morgan fingerprint density at radius 1 is 1.53 bits per heavy atom. The fourth-order valence-corrected chi connectivity index (χ4v) is 2.51. The molecule has 0 aliphatic carbocycles. The van der Waals surface area contributed by atoms with Gasteiger partial charge in [-0.2, -0.15) is 0 Å². The molecule has 2 rings (SSSR count). The molecule has 100 valence electrons. The van der Waals surface area contributed by atoms with E-state index in [1.165, 1.54) is 11.3 Å². The van der Waals surface area contributed by atoms with Crippen LogP contribution in [0, 0.1) is 0 Å². The molecule has 3 amide bonds. The van der Waals surface area contributed by atoms with E-state index in [9.17, 15) is 9.59 Å². The van der Waals surface area contributed by atoms with Crippen molar-refractivity contribution in [1.82, 2.24) is 15.5 Å². The molecule has 0 saturated carbocycles. The van der Waals surface area contributed by atoms with Crippen molar-refractivity contribution in [1.29, 1.82) is 0 Å². The van der Waals surface area contributed by atoms with Gasteiger partial charge in [-0.25, -0.2) is 4.79 Å². The van der Waals surface area contributed by atoms with Gasteiger partial charge in [-0.15, -0.1) is 21.5 Å². The average molecular weight is 298 g/mol. The van der Waals surface area contributed by atoms with Crippen LogP contribution >= 0.6 is 23.1 Å². The first kappa shape index (κ1) is 13.6. The molecule has 2 aromatic rings. The molecule has 0 aliphatic heterocycles. The number of hydrogen-bond acceptors (Lipinski definition) is 7. The first-order valence-electron chi connectivity index (χ1n) is 5.20. The van der Waals surface area contributed by atoms with Crippen molar-refractivity contribution in [3.05, 3.63) is 17.5 Å². The quantitative estimate of drug-likeness (QED) is 0.827. The second kappa shape index (κ2) is 5.85. The standard InChI is InChI=1S/C10H10N4O3S2/c1-5(7(15)12-9(11)16)19-10-14-13-8(17-10)6-3-2-4-18-6/h2-5H,1H3,(H3,11,12,15,16). The molecular weight excluding hydrogens is 288 g/mol. The summed E-state index contributed by atoms with van der Waals surface area (Å²) in [5, 5.41) is 11.3. The van der Waals surface area contributed by atoms with Crippen LogP contribution in [0.3, 0.4) is 0 Å². The Kier molecular flexibility index (Phi) is 4.17. The lowest BCUT2D eigenvalue weighted by atomic mass is 10.4. The summed E-state index contributed by atoms with van der Waals surface area (Å²) in [7, 11) is 0. The van der Waals surface area contributed by atoms with Gasteiger partial charge < -0.3 is 10.2 Å². The minimum absolute atomic E-state index is 0.260. The molecule has 0 fully saturated rings. The van der Waals surface area contributed by atoms with Crippen molar-refractivity contribution < 1.29 is 14.0 Å². The van der Waals surface area contributed by atoms with Crippen LogP contribution < -0.4 is 11.1 Å². The van der Waals surface area contributed by atoms with Crippen LogP contribution in [0.1, 0.15) is 6.92 Å². The van der Waals surface area contributed by atoms with Gasteiger partial charge in [0.1, 0.15) is 0 Å². The number of nitrogens with two attached hydrogens (primary N) is 1. The summed E-state index contributed by atoms with van der Waals surface area (Å²) in [6.45, 7) is 1.61. The van der Waals surface area contributed by atoms with Crippen LogP contribution in [0.25, 0.3) is 10.8 Å². The Morgan fingerprint density at radius 2 is 2.32 bits per heavy atom. The van der Waals surface area contributed by atoms with Crippen molar-refractivity contribution in [2.75, 3.05) is 0 Å². The maximum atomic E-state index is 11.5. The van der Waals surface area contributed by atoms with Gasteiger partial charge in [-0.05, 0) is 18.4 Å². The third-order valence-corrected chi connectivity index (χ3v) is 3.82. The zero-order chi connectivity index (χ0) is 13.8. The summed E-state index contributed by atoms with van der Waals surface area (Å²) in [4.78, 5) is 22.9. The van der Waals surface area contributed by atoms with E-state index in [-0.39, 0.29) is 5.22 Å². The lowest BCUT2D eigenvalue weighted by molar-refractivity contribution is -0.119. The number of rotatable bonds is 4. The maximum absolute atomic E-state index is 11.5. The molecular formula is C10H10N4O3S2. The third kappa shape index (κ3) is 3.55. The van der Waals surface area contributed by atoms with Gasteiger partial charge in [-0.3, -0.25) is 10.1 Å². The fourth-order valence-electron chi connectivity index (χ4n) is 1.19. The van der Waals surface area contributed by atoms with E-state index >= 15 is 0 Å². The van der Waals surface area contributed by atoms with E-state index in [4.69, 9.17) is 10.2 Å². The Morgan fingerprint density at radius 3 is 2.95 bits per heavy atom. The number of thiophene rings is 1. The molecule has 0 radical (unpaired) electrons. The summed E-state index contributed by atoms with van der Waals surface area (Å²) in [6, 6.07) is 2.85. The van der Waals surface area contributed by atoms with Crippen LogP contribution in [0.4, 0.5) is 4.79 Å². The zero-order valence-corrected chi connectivity index (χ0v) is 11.5. The van der Waals surface area contributed by atoms with Gasteiger partial charge in [0.25, 0.3) is 11.1 Å². The fraction of sp³-hybridized carbons (Fsp3) is 0.200. The van der Waals surface area contributed by atoms with Gasteiger partial charge in [0, 0.05) is 0 Å². The largest absolute Gasteiger partial charge is 0.410 e. The van der Waals surface area contributed by atoms with E-state index in [0.29, 0.717) is 5.89 Å². The average Bonchev–Trinajstić information content (AvgIpc) is 2.96. The molecule has 0 bridgehead atoms. The molecule has 9 heteroatoms. The highest BCUT2D eigenvalue weighted by molar-refractivity contribution is 8.00. The highest BCUT2D eigenvalue weighted by Crippen LogP contribution is 2.28. The summed E-state index contributed by atoms with van der Waals surface area (Å²) < 4.78 is 5.41. The van der Waals surface area contributed by atoms with Crippen molar-refractivity contribution >= 4 is 35.0 Å². The number of nitrogens with zero attached hydrogens (tertiary/aromatic N) is 2. The number of carbonyl (C=O) groups excluding carboxylic acids is 2. The van der Waals surface area contributed by atoms with Gasteiger partial charge >= 0.3 is 6.03 Å². The third-order valence-electron chi connectivity index (χ3n) is 2.03. The highest BCUT2D eigenvalue weighted by atomic mass is 32.2. The van der Waals surface area contributed by atoms with E-state index < -0.39 is 17.2 Å². The van der Waals surface area contributed by atoms with Gasteiger partial charge in [-0.1, -0.05) is 17.8 Å². The lowest BCUT2D eigenvalue weighted by Crippen LogP contribution is -2.39. The summed E-state index contributed by atoms with van der Waals surface area (Å²) in [5.74, 6) is -0.103. The Labute approximate surface area is 116 Å². The van der Waals surface area contributed by atoms with E-state index in [2.05, 4.69) is 10.2 Å². The Hall–Kier alpha value is -1.87. The molecule has 0 saturated heterocycles. The smallest absolute Gasteiger partial charge is 0.318 e. The second-order valence-electron chi connectivity index (χ2n) is 3.46. The minimum atomic E-state index is -0.887. The number of primary amides is 1. The Bertz CT molecular complexity index is 581. The highest BCUT2D eigenvalue weighted by Gasteiger charge is 2.19. The Balaban J connectivity index is 2.00. The van der Waals surface area contributed by atoms with Gasteiger partial charge in [0.2, 0.25) is 5.91 Å². The number of thioether (sulfide) groups is 1. The van der Waals surface area contributed by atoms with Crippen molar-refractivity contribution in [3.63, 3.8) is 0 Å². The zero-order valence-electron chi connectivity index (χ0n) is 9.82. The molecule has 1 unspecified atom stereocenters. The number of carbonyl (C=O) groups is 2. The molecule has 19 heavy (non-hydrogen) atoms. The number of urea groups is 1. The SMILES string of the molecule is CC(Sc1nnc(-c2cccs2)o1)C(=O)NC(N)=O. The molecule has 3 N–H and O–H groups in total. The maximum Gasteiger partial charge on any atom is 0.318 e. The van der Waals surface area contributed by atoms with E-state index in [0.717, 1.165) is 16.6 Å². The number of aromatic nitrogens is 2. The second-order valence-corrected chi connectivity index (χ2v) is 5.70. The van der Waals surface area contributed by atoms with E-state index in [1.54, 1.807) is 6.92 Å². The van der Waals surface area contributed by atoms with Crippen LogP contribution in [-0.2, 0) is 4.79 Å². The first-order valence-corrected chi connectivity index (χ1v) is 6.96.